The zero-order valence-electron chi connectivity index (χ0n) is 15.5. The highest BCUT2D eigenvalue weighted by atomic mass is 16.5. The lowest BCUT2D eigenvalue weighted by Gasteiger charge is -2.57. The first-order valence-corrected chi connectivity index (χ1v) is 9.25. The molecule has 3 rings (SSSR count). The molecule has 5 nitrogen and oxygen atoms in total. The molecule has 2 atom stereocenters. The van der Waals surface area contributed by atoms with Crippen molar-refractivity contribution in [1.82, 2.24) is 0 Å². The molecule has 2 saturated carbocycles. The minimum Gasteiger partial charge on any atom is -0.378 e. The van der Waals surface area contributed by atoms with Crippen LogP contribution in [0, 0.1) is 11.3 Å². The summed E-state index contributed by atoms with van der Waals surface area (Å²) in [5, 5.41) is 2.98. The van der Waals surface area contributed by atoms with Gasteiger partial charge in [0.25, 0.3) is 0 Å². The Morgan fingerprint density at radius 1 is 1.36 bits per heavy atom. The summed E-state index contributed by atoms with van der Waals surface area (Å²) in [6.07, 6.45) is 3.14. The van der Waals surface area contributed by atoms with Gasteiger partial charge in [-0.25, -0.2) is 0 Å². The zero-order valence-corrected chi connectivity index (χ0v) is 15.5. The number of nitrogens with one attached hydrogen (secondary N) is 1. The quantitative estimate of drug-likeness (QED) is 0.759. The van der Waals surface area contributed by atoms with E-state index in [0.29, 0.717) is 19.6 Å². The molecule has 1 aromatic carbocycles. The predicted octanol–water partition coefficient (Wildman–Crippen LogP) is 3.08. The number of nitrogens with two attached hydrogens (primary N) is 1. The Labute approximate surface area is 150 Å². The Kier molecular flexibility index (Phi) is 5.19. The van der Waals surface area contributed by atoms with E-state index in [4.69, 9.17) is 15.2 Å². The van der Waals surface area contributed by atoms with Crippen molar-refractivity contribution >= 4 is 11.6 Å². The molecule has 1 amide bonds. The first kappa shape index (κ1) is 18.4. The molecule has 0 radical (unpaired) electrons. The maximum absolute atomic E-state index is 12.8. The number of hydrogen-bond donors (Lipinski definition) is 2. The molecule has 2 unspecified atom stereocenters. The van der Waals surface area contributed by atoms with Crippen LogP contribution in [-0.2, 0) is 20.9 Å². The van der Waals surface area contributed by atoms with Crippen molar-refractivity contribution in [3.05, 3.63) is 29.8 Å². The van der Waals surface area contributed by atoms with E-state index < -0.39 is 11.0 Å². The molecule has 5 heteroatoms. The van der Waals surface area contributed by atoms with Gasteiger partial charge in [-0.1, -0.05) is 26.0 Å². The summed E-state index contributed by atoms with van der Waals surface area (Å²) in [5.74, 6) is 0.601. The Morgan fingerprint density at radius 3 is 2.76 bits per heavy atom. The highest BCUT2D eigenvalue weighted by Gasteiger charge is 2.62. The molecule has 2 aliphatic rings. The van der Waals surface area contributed by atoms with Gasteiger partial charge in [-0.15, -0.1) is 0 Å². The van der Waals surface area contributed by atoms with Gasteiger partial charge >= 0.3 is 0 Å². The van der Waals surface area contributed by atoms with Crippen molar-refractivity contribution in [1.29, 1.82) is 0 Å². The van der Waals surface area contributed by atoms with Crippen LogP contribution in [0.4, 0.5) is 5.69 Å². The van der Waals surface area contributed by atoms with Crippen molar-refractivity contribution in [2.45, 2.75) is 58.3 Å². The van der Waals surface area contributed by atoms with Gasteiger partial charge in [-0.3, -0.25) is 4.79 Å². The number of carbonyl (C=O) groups excluding carboxylic acids is 1. The lowest BCUT2D eigenvalue weighted by Crippen LogP contribution is -2.74. The Balaban J connectivity index is 1.58. The Bertz CT molecular complexity index is 627. The maximum atomic E-state index is 12.8. The second-order valence-electron chi connectivity index (χ2n) is 7.95. The van der Waals surface area contributed by atoms with Crippen LogP contribution in [0.5, 0.6) is 0 Å². The number of carbonyl (C=O) groups is 1. The fourth-order valence-electron chi connectivity index (χ4n) is 3.43. The number of benzene rings is 1. The number of rotatable bonds is 8. The average Bonchev–Trinajstić information content (AvgIpc) is 3.39. The first-order valence-electron chi connectivity index (χ1n) is 9.25. The summed E-state index contributed by atoms with van der Waals surface area (Å²) in [7, 11) is 0. The van der Waals surface area contributed by atoms with Gasteiger partial charge in [0.05, 0.1) is 12.7 Å². The summed E-state index contributed by atoms with van der Waals surface area (Å²) >= 11 is 0. The second kappa shape index (κ2) is 7.06. The molecule has 0 heterocycles. The summed E-state index contributed by atoms with van der Waals surface area (Å²) in [4.78, 5) is 12.8. The molecule has 25 heavy (non-hydrogen) atoms. The number of hydrogen-bond acceptors (Lipinski definition) is 4. The topological polar surface area (TPSA) is 73.6 Å². The molecule has 0 aliphatic heterocycles. The van der Waals surface area contributed by atoms with E-state index >= 15 is 0 Å². The first-order chi connectivity index (χ1) is 11.9. The van der Waals surface area contributed by atoms with Crippen LogP contribution >= 0.6 is 0 Å². The van der Waals surface area contributed by atoms with Crippen LogP contribution in [0.1, 0.15) is 45.6 Å². The normalized spacial score (nSPS) is 27.6. The standard InChI is InChI=1S/C20H30N2O3/c1-4-25-17-11-20(21,19(17,2)3)18(23)22-16-7-5-6-15(10-16)13-24-12-14-8-9-14/h5-7,10,14,17H,4,8-9,11-13,21H2,1-3H3,(H,22,23). The highest BCUT2D eigenvalue weighted by Crippen LogP contribution is 2.50. The minimum atomic E-state index is -0.911. The third-order valence-electron chi connectivity index (χ3n) is 5.74. The predicted molar refractivity (Wildman–Crippen MR) is 98.2 cm³/mol. The van der Waals surface area contributed by atoms with Crippen LogP contribution < -0.4 is 11.1 Å². The van der Waals surface area contributed by atoms with Crippen LogP contribution in [0.3, 0.4) is 0 Å². The Hall–Kier alpha value is -1.43. The SMILES string of the molecule is CCOC1CC(N)(C(=O)Nc2cccc(COCC3CC3)c2)C1(C)C. The lowest BCUT2D eigenvalue weighted by atomic mass is 9.54. The molecule has 2 aliphatic carbocycles. The van der Waals surface area contributed by atoms with Crippen molar-refractivity contribution in [2.75, 3.05) is 18.5 Å². The van der Waals surface area contributed by atoms with E-state index in [1.807, 2.05) is 45.0 Å². The van der Waals surface area contributed by atoms with E-state index in [0.717, 1.165) is 23.8 Å². The van der Waals surface area contributed by atoms with Crippen molar-refractivity contribution in [3.8, 4) is 0 Å². The van der Waals surface area contributed by atoms with Crippen LogP contribution in [0.15, 0.2) is 24.3 Å². The van der Waals surface area contributed by atoms with E-state index in [9.17, 15) is 4.79 Å². The largest absolute Gasteiger partial charge is 0.378 e. The van der Waals surface area contributed by atoms with E-state index in [2.05, 4.69) is 5.32 Å². The Morgan fingerprint density at radius 2 is 2.12 bits per heavy atom. The van der Waals surface area contributed by atoms with Gasteiger partial charge in [-0.05, 0) is 43.4 Å². The average molecular weight is 346 g/mol. The van der Waals surface area contributed by atoms with Gasteiger partial charge in [-0.2, -0.15) is 0 Å². The van der Waals surface area contributed by atoms with Crippen molar-refractivity contribution in [2.24, 2.45) is 17.1 Å². The van der Waals surface area contributed by atoms with Crippen LogP contribution in [-0.4, -0.2) is 30.8 Å². The summed E-state index contributed by atoms with van der Waals surface area (Å²) < 4.78 is 11.4. The number of anilines is 1. The molecule has 0 spiro atoms. The summed E-state index contributed by atoms with van der Waals surface area (Å²) in [6, 6.07) is 7.79. The van der Waals surface area contributed by atoms with Crippen molar-refractivity contribution in [3.63, 3.8) is 0 Å². The molecule has 1 aromatic rings. The number of amides is 1. The van der Waals surface area contributed by atoms with Gasteiger partial charge in [0.1, 0.15) is 5.54 Å². The van der Waals surface area contributed by atoms with E-state index in [-0.39, 0.29) is 12.0 Å². The molecule has 138 valence electrons. The van der Waals surface area contributed by atoms with E-state index in [1.54, 1.807) is 0 Å². The second-order valence-corrected chi connectivity index (χ2v) is 7.95. The number of ether oxygens (including phenoxy) is 2. The molecular weight excluding hydrogens is 316 g/mol. The van der Waals surface area contributed by atoms with E-state index in [1.165, 1.54) is 12.8 Å². The molecule has 0 bridgehead atoms. The van der Waals surface area contributed by atoms with Gasteiger partial charge in [0, 0.05) is 30.7 Å². The molecule has 0 saturated heterocycles. The lowest BCUT2D eigenvalue weighted by molar-refractivity contribution is -0.166. The fourth-order valence-corrected chi connectivity index (χ4v) is 3.43. The zero-order chi connectivity index (χ0) is 18.1. The third kappa shape index (κ3) is 3.73. The van der Waals surface area contributed by atoms with Gasteiger partial charge in [0.15, 0.2) is 0 Å². The summed E-state index contributed by atoms with van der Waals surface area (Å²) in [6.45, 7) is 8.00. The fraction of sp³-hybridized carbons (Fsp3) is 0.650. The van der Waals surface area contributed by atoms with Crippen LogP contribution in [0.25, 0.3) is 0 Å². The monoisotopic (exact) mass is 346 g/mol. The molecule has 3 N–H and O–H groups in total. The smallest absolute Gasteiger partial charge is 0.245 e. The van der Waals surface area contributed by atoms with Gasteiger partial charge < -0.3 is 20.5 Å². The highest BCUT2D eigenvalue weighted by molar-refractivity contribution is 5.99. The minimum absolute atomic E-state index is 0.0235. The summed E-state index contributed by atoms with van der Waals surface area (Å²) in [5.41, 5.74) is 6.95. The maximum Gasteiger partial charge on any atom is 0.245 e. The van der Waals surface area contributed by atoms with Crippen LogP contribution in [0.2, 0.25) is 0 Å². The molecule has 0 aromatic heterocycles. The molecular formula is C20H30N2O3. The molecule has 2 fully saturated rings. The third-order valence-corrected chi connectivity index (χ3v) is 5.74. The van der Waals surface area contributed by atoms with Gasteiger partial charge in [0.2, 0.25) is 5.91 Å². The van der Waals surface area contributed by atoms with Crippen molar-refractivity contribution < 1.29 is 14.3 Å².